The Labute approximate surface area is 459 Å². The standard InChI is InChI=1S/C14H19N.C14H18O.2C13H17NO.C10H11N.C5H12/c1-10-9-11-7-5-6-8-12(11)13(15-10)14(2,3)4;1-14(2,3)12-8-9-13(15)11-7-5-4-6-10(11)12;1-13(2,3)14-9-11-7-5-4-6-10(11)8-12(14)15;1-13(2,3)11-8-9-6-4-5-7-10(9)12(15)14-11;1-8-6-9-4-2-3-5-10(9)7-11-8;1-5(2,3)4/h5-8,13,15H,1,9H2,2-4H3;4-7,12H,8-9H2,1-3H3;4-7H,8-9H2,1-3H3;4-7,11H,8H2,1-3H3,(H,14,15);2-5,11H,1,6-7H2;1-4H3. The number of nitrogens with one attached hydrogen (secondary N) is 3. The first kappa shape index (κ1) is 60.7. The minimum atomic E-state index is -0.0788. The summed E-state index contributed by atoms with van der Waals surface area (Å²) < 4.78 is 0. The molecule has 3 unspecified atom stereocenters. The average Bonchev–Trinajstić information content (AvgIpc) is 3.33. The van der Waals surface area contributed by atoms with Crippen molar-refractivity contribution in [2.45, 2.75) is 186 Å². The van der Waals surface area contributed by atoms with E-state index >= 15 is 0 Å². The van der Waals surface area contributed by atoms with E-state index in [4.69, 9.17) is 0 Å². The van der Waals surface area contributed by atoms with Gasteiger partial charge in [0.25, 0.3) is 5.91 Å². The lowest BCUT2D eigenvalue weighted by atomic mass is 9.69. The zero-order valence-electron chi connectivity index (χ0n) is 49.5. The van der Waals surface area contributed by atoms with Crippen molar-refractivity contribution in [3.8, 4) is 0 Å². The predicted octanol–water partition coefficient (Wildman–Crippen LogP) is 15.9. The van der Waals surface area contributed by atoms with E-state index < -0.39 is 0 Å². The summed E-state index contributed by atoms with van der Waals surface area (Å²) in [6.07, 6.45) is 5.14. The Morgan fingerprint density at radius 2 is 0.961 bits per heavy atom. The summed E-state index contributed by atoms with van der Waals surface area (Å²) in [6, 6.07) is 41.9. The molecule has 0 aromatic heterocycles. The van der Waals surface area contributed by atoms with E-state index in [1.54, 1.807) is 0 Å². The van der Waals surface area contributed by atoms with Crippen LogP contribution in [0.3, 0.4) is 0 Å². The van der Waals surface area contributed by atoms with Gasteiger partial charge in [0.15, 0.2) is 5.78 Å². The van der Waals surface area contributed by atoms with E-state index in [1.807, 2.05) is 65.6 Å². The molecule has 10 rings (SSSR count). The lowest BCUT2D eigenvalue weighted by Crippen LogP contribution is -2.48. The number of ketones is 1. The number of carbonyl (C=O) groups is 3. The second-order valence-corrected chi connectivity index (χ2v) is 27.1. The maximum atomic E-state index is 11.9. The molecule has 3 atom stereocenters. The van der Waals surface area contributed by atoms with Crippen LogP contribution in [0.1, 0.15) is 201 Å². The van der Waals surface area contributed by atoms with Crippen LogP contribution >= 0.6 is 0 Å². The van der Waals surface area contributed by atoms with E-state index in [0.717, 1.165) is 61.3 Å². The van der Waals surface area contributed by atoms with Gasteiger partial charge in [0.2, 0.25) is 5.91 Å². The van der Waals surface area contributed by atoms with Gasteiger partial charge in [0, 0.05) is 66.5 Å². The van der Waals surface area contributed by atoms with Crippen molar-refractivity contribution in [2.75, 3.05) is 0 Å². The molecule has 5 aromatic carbocycles. The molecule has 0 fully saturated rings. The number of rotatable bonds is 0. The number of fused-ring (bicyclic) bond motifs is 5. The monoisotopic (exact) mass is 1030 g/mol. The Morgan fingerprint density at radius 3 is 1.51 bits per heavy atom. The Morgan fingerprint density at radius 1 is 0.487 bits per heavy atom. The van der Waals surface area contributed by atoms with E-state index in [2.05, 4.69) is 201 Å². The second-order valence-electron chi connectivity index (χ2n) is 27.1. The molecule has 5 aliphatic rings. The van der Waals surface area contributed by atoms with Gasteiger partial charge < -0.3 is 20.9 Å². The first-order valence-electron chi connectivity index (χ1n) is 27.7. The highest BCUT2D eigenvalue weighted by molar-refractivity contribution is 5.99. The first-order valence-corrected chi connectivity index (χ1v) is 27.7. The van der Waals surface area contributed by atoms with Crippen LogP contribution in [0, 0.1) is 21.7 Å². The van der Waals surface area contributed by atoms with E-state index in [1.165, 1.54) is 44.5 Å². The first-order chi connectivity index (χ1) is 35.3. The molecule has 0 saturated carbocycles. The van der Waals surface area contributed by atoms with Crippen molar-refractivity contribution >= 4 is 17.6 Å². The minimum Gasteiger partial charge on any atom is -0.384 e. The van der Waals surface area contributed by atoms with Gasteiger partial charge in [0.05, 0.1) is 12.5 Å². The van der Waals surface area contributed by atoms with Gasteiger partial charge in [0.1, 0.15) is 0 Å². The van der Waals surface area contributed by atoms with Crippen molar-refractivity contribution in [3.05, 3.63) is 202 Å². The average molecular weight is 1030 g/mol. The summed E-state index contributed by atoms with van der Waals surface area (Å²) in [5.41, 5.74) is 15.6. The molecule has 5 aromatic rings. The lowest BCUT2D eigenvalue weighted by Gasteiger charge is -2.39. The highest BCUT2D eigenvalue weighted by atomic mass is 16.2. The van der Waals surface area contributed by atoms with Crippen molar-refractivity contribution in [3.63, 3.8) is 0 Å². The number of hydrogen-bond acceptors (Lipinski definition) is 5. The molecule has 3 N–H and O–H groups in total. The molecule has 0 saturated heterocycles. The summed E-state index contributed by atoms with van der Waals surface area (Å²) in [5.74, 6) is 1.13. The van der Waals surface area contributed by atoms with Crippen molar-refractivity contribution < 1.29 is 14.4 Å². The van der Waals surface area contributed by atoms with Crippen LogP contribution in [0.4, 0.5) is 0 Å². The van der Waals surface area contributed by atoms with Crippen molar-refractivity contribution in [1.82, 2.24) is 20.9 Å². The third-order valence-electron chi connectivity index (χ3n) is 14.3. The number of allylic oxidation sites excluding steroid dienone is 2. The highest BCUT2D eigenvalue weighted by Crippen LogP contribution is 2.43. The molecule has 0 spiro atoms. The Bertz CT molecular complexity index is 2790. The van der Waals surface area contributed by atoms with Gasteiger partial charge >= 0.3 is 0 Å². The highest BCUT2D eigenvalue weighted by Gasteiger charge is 2.35. The van der Waals surface area contributed by atoms with Crippen LogP contribution in [-0.4, -0.2) is 34.1 Å². The van der Waals surface area contributed by atoms with Gasteiger partial charge in [-0.15, -0.1) is 0 Å². The summed E-state index contributed by atoms with van der Waals surface area (Å²) in [5, 5.41) is 9.84. The predicted molar refractivity (Wildman–Crippen MR) is 319 cm³/mol. The van der Waals surface area contributed by atoms with Crippen LogP contribution in [0.15, 0.2) is 146 Å². The molecule has 0 bridgehead atoms. The zero-order valence-corrected chi connectivity index (χ0v) is 49.5. The van der Waals surface area contributed by atoms with Crippen molar-refractivity contribution in [1.29, 1.82) is 0 Å². The normalized spacial score (nSPS) is 18.7. The van der Waals surface area contributed by atoms with E-state index in [9.17, 15) is 14.4 Å². The molecule has 0 radical (unpaired) electrons. The van der Waals surface area contributed by atoms with Gasteiger partial charge in [-0.2, -0.15) is 0 Å². The fraction of sp³-hybridized carbons (Fsp3) is 0.464. The molecule has 408 valence electrons. The smallest absolute Gasteiger partial charge is 0.251 e. The number of nitrogens with zero attached hydrogens (tertiary/aromatic N) is 1. The van der Waals surface area contributed by atoms with Crippen LogP contribution in [-0.2, 0) is 43.6 Å². The fourth-order valence-electron chi connectivity index (χ4n) is 10.1. The molecule has 2 amide bonds. The van der Waals surface area contributed by atoms with E-state index in [-0.39, 0.29) is 39.6 Å². The summed E-state index contributed by atoms with van der Waals surface area (Å²) >= 11 is 0. The SMILES string of the molecule is C=C1Cc2ccccc2C(C(C)(C)C)N1.C=C1Cc2ccccc2CN1.CC(C)(C)C.CC(C)(C)C1CCC(=O)c2ccccc21.CC(C)(C)C1Cc2ccccc2C(=O)N1.CC(C)(C)N1Cc2ccccc2CC1=O. The number of carbonyl (C=O) groups excluding carboxylic acids is 3. The molecule has 76 heavy (non-hydrogen) atoms. The van der Waals surface area contributed by atoms with Gasteiger partial charge in [-0.3, -0.25) is 14.4 Å². The molecule has 4 aliphatic heterocycles. The maximum absolute atomic E-state index is 11.9. The minimum absolute atomic E-state index is 0.0665. The lowest BCUT2D eigenvalue weighted by molar-refractivity contribution is -0.137. The zero-order chi connectivity index (χ0) is 56.4. The Hall–Kier alpha value is -6.21. The Kier molecular flexibility index (Phi) is 20.2. The quantitative estimate of drug-likeness (QED) is 0.144. The maximum Gasteiger partial charge on any atom is 0.251 e. The number of amides is 2. The van der Waals surface area contributed by atoms with Gasteiger partial charge in [-0.05, 0) is 112 Å². The van der Waals surface area contributed by atoms with Crippen LogP contribution in [0.2, 0.25) is 0 Å². The summed E-state index contributed by atoms with van der Waals surface area (Å²) in [6.45, 7) is 44.7. The third kappa shape index (κ3) is 17.7. The van der Waals surface area contributed by atoms with Gasteiger partial charge in [-0.1, -0.05) is 218 Å². The van der Waals surface area contributed by atoms with Crippen LogP contribution < -0.4 is 16.0 Å². The third-order valence-corrected chi connectivity index (χ3v) is 14.3. The number of Topliss-reactive ketones (excluding diaryl/α,β-unsaturated/α-hetero) is 1. The van der Waals surface area contributed by atoms with Gasteiger partial charge in [-0.25, -0.2) is 0 Å². The van der Waals surface area contributed by atoms with Crippen LogP contribution in [0.5, 0.6) is 0 Å². The molecule has 1 aliphatic carbocycles. The second kappa shape index (κ2) is 25.3. The molecule has 7 nitrogen and oxygen atoms in total. The van der Waals surface area contributed by atoms with Crippen LogP contribution in [0.25, 0.3) is 0 Å². The summed E-state index contributed by atoms with van der Waals surface area (Å²) in [7, 11) is 0. The Balaban J connectivity index is 0.000000172. The largest absolute Gasteiger partial charge is 0.384 e. The topological polar surface area (TPSA) is 90.5 Å². The summed E-state index contributed by atoms with van der Waals surface area (Å²) in [4.78, 5) is 37.5. The molecule has 7 heteroatoms. The van der Waals surface area contributed by atoms with E-state index in [0.29, 0.717) is 36.0 Å². The number of hydrogen-bond donors (Lipinski definition) is 3. The van der Waals surface area contributed by atoms with Crippen molar-refractivity contribution in [2.24, 2.45) is 21.7 Å². The fourth-order valence-corrected chi connectivity index (χ4v) is 10.1. The molecular weight excluding hydrogens is 933 g/mol. The number of benzene rings is 5. The molecular formula is C69H94N4O3. The molecule has 4 heterocycles.